The maximum Gasteiger partial charge on any atom is 0.338 e. The number of esters is 1. The van der Waals surface area contributed by atoms with E-state index in [1.807, 2.05) is 26.8 Å². The summed E-state index contributed by atoms with van der Waals surface area (Å²) in [6.07, 6.45) is 3.60. The first kappa shape index (κ1) is 15.1. The third-order valence-corrected chi connectivity index (χ3v) is 2.33. The van der Waals surface area contributed by atoms with Crippen molar-refractivity contribution >= 4 is 5.97 Å². The Kier molecular flexibility index (Phi) is 6.50. The Morgan fingerprint density at radius 3 is 2.47 bits per heavy atom. The minimum atomic E-state index is -0.373. The van der Waals surface area contributed by atoms with Crippen LogP contribution in [0.4, 0.5) is 0 Å². The van der Waals surface area contributed by atoms with Crippen LogP contribution in [0.2, 0.25) is 0 Å². The molecule has 0 aromatic heterocycles. The van der Waals surface area contributed by atoms with E-state index >= 15 is 0 Å². The quantitative estimate of drug-likeness (QED) is 0.560. The number of hydrogen-bond acceptors (Lipinski definition) is 4. The van der Waals surface area contributed by atoms with Crippen molar-refractivity contribution in [1.29, 1.82) is 0 Å². The molecule has 0 aliphatic carbocycles. The van der Waals surface area contributed by atoms with Gasteiger partial charge in [-0.05, 0) is 39.0 Å². The molecule has 0 N–H and O–H groups in total. The predicted octanol–water partition coefficient (Wildman–Crippen LogP) is 3.22. The van der Waals surface area contributed by atoms with Crippen LogP contribution < -0.4 is 9.47 Å². The molecule has 4 nitrogen and oxygen atoms in total. The lowest BCUT2D eigenvalue weighted by atomic mass is 10.2. The Labute approximate surface area is 114 Å². The number of rotatable bonds is 7. The van der Waals surface area contributed by atoms with E-state index in [1.54, 1.807) is 24.3 Å². The highest BCUT2D eigenvalue weighted by Gasteiger charge is 2.12. The maximum atomic E-state index is 11.8. The molecule has 1 aromatic rings. The number of benzene rings is 1. The second kappa shape index (κ2) is 8.19. The van der Waals surface area contributed by atoms with Crippen LogP contribution in [0, 0.1) is 0 Å². The van der Waals surface area contributed by atoms with Crippen molar-refractivity contribution in [3.63, 3.8) is 0 Å². The molecule has 4 heteroatoms. The number of hydrogen-bond donors (Lipinski definition) is 0. The van der Waals surface area contributed by atoms with E-state index in [-0.39, 0.29) is 12.6 Å². The molecule has 0 radical (unpaired) electrons. The summed E-state index contributed by atoms with van der Waals surface area (Å²) in [6, 6.07) is 5.04. The lowest BCUT2D eigenvalue weighted by Gasteiger charge is -2.11. The molecule has 0 spiro atoms. The minimum absolute atomic E-state index is 0.270. The zero-order valence-corrected chi connectivity index (χ0v) is 11.6. The fourth-order valence-electron chi connectivity index (χ4n) is 1.48. The third kappa shape index (κ3) is 4.66. The average molecular weight is 264 g/mol. The van der Waals surface area contributed by atoms with Crippen molar-refractivity contribution in [3.05, 3.63) is 35.9 Å². The minimum Gasteiger partial charge on any atom is -0.490 e. The maximum absolute atomic E-state index is 11.8. The van der Waals surface area contributed by atoms with Crippen molar-refractivity contribution < 1.29 is 19.0 Å². The number of carbonyl (C=O) groups excluding carboxylic acids is 1. The monoisotopic (exact) mass is 264 g/mol. The standard InChI is InChI=1S/C15H20O4/c1-4-7-10-19-15(16)12-8-9-13(17-5-2)14(11-12)18-6-3/h4,7-9,11H,5-6,10H2,1-3H3/b7-4+. The van der Waals surface area contributed by atoms with Crippen LogP contribution in [0.15, 0.2) is 30.4 Å². The summed E-state index contributed by atoms with van der Waals surface area (Å²) < 4.78 is 16.0. The van der Waals surface area contributed by atoms with Crippen LogP contribution in [0.3, 0.4) is 0 Å². The Morgan fingerprint density at radius 2 is 1.84 bits per heavy atom. The predicted molar refractivity (Wildman–Crippen MR) is 73.9 cm³/mol. The van der Waals surface area contributed by atoms with Gasteiger partial charge in [0, 0.05) is 0 Å². The van der Waals surface area contributed by atoms with E-state index < -0.39 is 0 Å². The van der Waals surface area contributed by atoms with E-state index in [9.17, 15) is 4.79 Å². The average Bonchev–Trinajstić information content (AvgIpc) is 2.41. The summed E-state index contributed by atoms with van der Waals surface area (Å²) in [5.74, 6) is 0.821. The SMILES string of the molecule is C/C=C/COC(=O)c1ccc(OCC)c(OCC)c1. The van der Waals surface area contributed by atoms with Gasteiger partial charge in [0.25, 0.3) is 0 Å². The van der Waals surface area contributed by atoms with Crippen LogP contribution in [-0.2, 0) is 4.74 Å². The van der Waals surface area contributed by atoms with Crippen molar-refractivity contribution in [3.8, 4) is 11.5 Å². The molecule has 0 aliphatic heterocycles. The van der Waals surface area contributed by atoms with Crippen molar-refractivity contribution in [2.45, 2.75) is 20.8 Å². The lowest BCUT2D eigenvalue weighted by molar-refractivity contribution is 0.0549. The van der Waals surface area contributed by atoms with E-state index in [1.165, 1.54) is 0 Å². The molecule has 0 heterocycles. The summed E-state index contributed by atoms with van der Waals surface area (Å²) in [5, 5.41) is 0. The summed E-state index contributed by atoms with van der Waals surface area (Å²) in [6.45, 7) is 6.98. The molecule has 0 bridgehead atoms. The Bertz CT molecular complexity index is 438. The van der Waals surface area contributed by atoms with E-state index in [4.69, 9.17) is 14.2 Å². The van der Waals surface area contributed by atoms with E-state index in [0.717, 1.165) is 0 Å². The molecule has 0 fully saturated rings. The topological polar surface area (TPSA) is 44.8 Å². The third-order valence-electron chi connectivity index (χ3n) is 2.33. The highest BCUT2D eigenvalue weighted by molar-refractivity contribution is 5.90. The smallest absolute Gasteiger partial charge is 0.338 e. The van der Waals surface area contributed by atoms with Crippen LogP contribution in [0.25, 0.3) is 0 Å². The molecular formula is C15H20O4. The Balaban J connectivity index is 2.84. The molecule has 1 aromatic carbocycles. The molecule has 104 valence electrons. The number of allylic oxidation sites excluding steroid dienone is 1. The Hall–Kier alpha value is -1.97. The van der Waals surface area contributed by atoms with Crippen molar-refractivity contribution in [1.82, 2.24) is 0 Å². The summed E-state index contributed by atoms with van der Waals surface area (Å²) in [5.41, 5.74) is 0.455. The van der Waals surface area contributed by atoms with E-state index in [2.05, 4.69) is 0 Å². The normalized spacial score (nSPS) is 10.5. The summed E-state index contributed by atoms with van der Waals surface area (Å²) >= 11 is 0. The summed E-state index contributed by atoms with van der Waals surface area (Å²) in [4.78, 5) is 11.8. The second-order valence-corrected chi connectivity index (χ2v) is 3.70. The summed E-state index contributed by atoms with van der Waals surface area (Å²) in [7, 11) is 0. The molecule has 0 atom stereocenters. The lowest BCUT2D eigenvalue weighted by Crippen LogP contribution is -2.06. The van der Waals surface area contributed by atoms with Gasteiger partial charge in [-0.1, -0.05) is 12.2 Å². The van der Waals surface area contributed by atoms with Crippen molar-refractivity contribution in [2.24, 2.45) is 0 Å². The van der Waals surface area contributed by atoms with Crippen LogP contribution in [-0.4, -0.2) is 25.8 Å². The largest absolute Gasteiger partial charge is 0.490 e. The molecular weight excluding hydrogens is 244 g/mol. The molecule has 1 rings (SSSR count). The van der Waals surface area contributed by atoms with Gasteiger partial charge in [-0.25, -0.2) is 4.79 Å². The molecule has 0 unspecified atom stereocenters. The van der Waals surface area contributed by atoms with Crippen LogP contribution in [0.5, 0.6) is 11.5 Å². The second-order valence-electron chi connectivity index (χ2n) is 3.70. The number of carbonyl (C=O) groups is 1. The fraction of sp³-hybridized carbons (Fsp3) is 0.400. The fourth-order valence-corrected chi connectivity index (χ4v) is 1.48. The first-order valence-corrected chi connectivity index (χ1v) is 6.40. The number of ether oxygens (including phenoxy) is 3. The molecule has 0 amide bonds. The van der Waals surface area contributed by atoms with Gasteiger partial charge >= 0.3 is 5.97 Å². The Morgan fingerprint density at radius 1 is 1.16 bits per heavy atom. The van der Waals surface area contributed by atoms with Crippen molar-refractivity contribution in [2.75, 3.05) is 19.8 Å². The molecule has 0 saturated heterocycles. The van der Waals surface area contributed by atoms with Gasteiger partial charge in [0.1, 0.15) is 6.61 Å². The highest BCUT2D eigenvalue weighted by Crippen LogP contribution is 2.28. The highest BCUT2D eigenvalue weighted by atomic mass is 16.5. The van der Waals surface area contributed by atoms with Gasteiger partial charge in [0.15, 0.2) is 11.5 Å². The molecule has 0 saturated carbocycles. The first-order valence-electron chi connectivity index (χ1n) is 6.40. The molecule has 0 aliphatic rings. The first-order chi connectivity index (χ1) is 9.22. The van der Waals surface area contributed by atoms with Gasteiger partial charge in [0.05, 0.1) is 18.8 Å². The van der Waals surface area contributed by atoms with Crippen LogP contribution >= 0.6 is 0 Å². The zero-order valence-electron chi connectivity index (χ0n) is 11.6. The van der Waals surface area contributed by atoms with Gasteiger partial charge < -0.3 is 14.2 Å². The zero-order chi connectivity index (χ0) is 14.1. The van der Waals surface area contributed by atoms with Gasteiger partial charge in [-0.2, -0.15) is 0 Å². The van der Waals surface area contributed by atoms with Gasteiger partial charge in [-0.15, -0.1) is 0 Å². The van der Waals surface area contributed by atoms with Gasteiger partial charge in [-0.3, -0.25) is 0 Å². The van der Waals surface area contributed by atoms with E-state index in [0.29, 0.717) is 30.3 Å². The van der Waals surface area contributed by atoms with Gasteiger partial charge in [0.2, 0.25) is 0 Å². The molecule has 19 heavy (non-hydrogen) atoms. The van der Waals surface area contributed by atoms with Crippen LogP contribution in [0.1, 0.15) is 31.1 Å².